The molecule has 800 valence electrons. The van der Waals surface area contributed by atoms with Crippen molar-refractivity contribution in [3.05, 3.63) is 180 Å². The Bertz CT molecular complexity index is 5920. The van der Waals surface area contributed by atoms with Gasteiger partial charge in [0.25, 0.3) is 0 Å². The number of carbonyl (C=O) groups excluding carboxylic acids is 15. The van der Waals surface area contributed by atoms with Crippen LogP contribution in [0, 0.1) is 21.6 Å². The van der Waals surface area contributed by atoms with Crippen LogP contribution in [-0.2, 0) is 115 Å². The van der Waals surface area contributed by atoms with Crippen molar-refractivity contribution in [1.29, 1.82) is 21.6 Å². The summed E-state index contributed by atoms with van der Waals surface area (Å²) in [6.07, 6.45) is 5.05. The number of nitrogens with two attached hydrogens (primary N) is 4. The number of aromatic nitrogens is 6. The van der Waals surface area contributed by atoms with Gasteiger partial charge in [0.05, 0.1) is 25.6 Å². The molecule has 4 aromatic heterocycles. The summed E-state index contributed by atoms with van der Waals surface area (Å²) in [6, 6.07) is 7.13. The molecule has 15 amide bonds. The third kappa shape index (κ3) is 38.2. The molecule has 2 saturated heterocycles. The highest BCUT2D eigenvalue weighted by Crippen LogP contribution is 2.24. The number of thioether (sulfide) groups is 2. The van der Waals surface area contributed by atoms with Gasteiger partial charge in [-0.05, 0) is 110 Å². The predicted octanol–water partition coefficient (Wildman–Crippen LogP) is -3.64. The maximum Gasteiger partial charge on any atom is 0.305 e. The Morgan fingerprint density at radius 1 is 0.356 bits per heavy atom. The van der Waals surface area contributed by atoms with Gasteiger partial charge < -0.3 is 149 Å². The molecule has 2 bridgehead atoms. The predicted molar refractivity (Wildman–Crippen MR) is 557 cm³/mol. The van der Waals surface area contributed by atoms with Crippen LogP contribution in [0.15, 0.2) is 147 Å². The fourth-order valence-corrected chi connectivity index (χ4v) is 18.7. The highest BCUT2D eigenvalue weighted by molar-refractivity contribution is 8.00. The van der Waals surface area contributed by atoms with E-state index in [2.05, 4.69) is 131 Å². The minimum atomic E-state index is -2.12. The van der Waals surface area contributed by atoms with Gasteiger partial charge in [0.15, 0.2) is 23.8 Å². The van der Waals surface area contributed by atoms with E-state index in [9.17, 15) is 19.5 Å². The monoisotopic (exact) mass is 2100 g/mol. The number of unbranched alkanes of at least 4 members (excludes halogenated alkanes) is 1. The number of guanidine groups is 4. The molecule has 8 aromatic rings. The van der Waals surface area contributed by atoms with E-state index < -0.39 is 222 Å². The van der Waals surface area contributed by atoms with Gasteiger partial charge in [-0.15, -0.1) is 0 Å². The molecule has 0 radical (unpaired) electrons. The summed E-state index contributed by atoms with van der Waals surface area (Å²) in [7, 11) is 0. The Balaban J connectivity index is 1.11. The number of amides is 15. The summed E-state index contributed by atoms with van der Waals surface area (Å²) in [5.41, 5.74) is 26.5. The van der Waals surface area contributed by atoms with Crippen LogP contribution in [0.25, 0.3) is 21.8 Å². The lowest BCUT2D eigenvalue weighted by molar-refractivity contribution is -0.141. The number of hydrogen-bond donors (Lipinski definition) is 32. The number of aliphatic carboxylic acids is 1. The van der Waals surface area contributed by atoms with Gasteiger partial charge in [-0.2, -0.15) is 23.5 Å². The fraction of sp³-hybridized carbons (Fsp3) is 0.443. The number of para-hydroxylation sites is 2. The Morgan fingerprint density at radius 3 is 1.02 bits per heavy atom. The van der Waals surface area contributed by atoms with Gasteiger partial charge in [-0.3, -0.25) is 98.3 Å². The van der Waals surface area contributed by atoms with Gasteiger partial charge in [0.2, 0.25) is 88.6 Å². The molecule has 0 spiro atoms. The van der Waals surface area contributed by atoms with Crippen molar-refractivity contribution in [2.45, 2.75) is 214 Å². The molecule has 0 aliphatic carbocycles. The van der Waals surface area contributed by atoms with Gasteiger partial charge >= 0.3 is 5.97 Å². The fourth-order valence-electron chi connectivity index (χ4n) is 16.6. The summed E-state index contributed by atoms with van der Waals surface area (Å²) < 4.78 is 0. The Hall–Kier alpha value is -16.3. The van der Waals surface area contributed by atoms with Crippen molar-refractivity contribution in [1.82, 2.24) is 131 Å². The van der Waals surface area contributed by atoms with E-state index in [4.69, 9.17) is 44.6 Å². The van der Waals surface area contributed by atoms with Gasteiger partial charge in [0, 0.05) is 134 Å². The molecule has 6 heterocycles. The van der Waals surface area contributed by atoms with E-state index in [0.717, 1.165) is 23.5 Å². The number of nitrogens with one attached hydrogen (secondary N) is 27. The number of nitrogens with zero attached hydrogens (tertiary/aromatic N) is 2. The number of hydrogen-bond acceptors (Lipinski definition) is 24. The first-order valence-electron chi connectivity index (χ1n) is 49.0. The molecule has 14 atom stereocenters. The van der Waals surface area contributed by atoms with Crippen molar-refractivity contribution in [2.75, 3.05) is 55.7 Å². The summed E-state index contributed by atoms with van der Waals surface area (Å²) in [5, 5.41) is 94.9. The van der Waals surface area contributed by atoms with Crippen molar-refractivity contribution < 1.29 is 81.8 Å². The molecule has 2 aliphatic heterocycles. The number of H-pyrrole nitrogens is 4. The number of fused-ring (bicyclic) bond motifs is 10. The number of carboxylic acids is 1. The van der Waals surface area contributed by atoms with Crippen LogP contribution in [0.1, 0.15) is 124 Å². The van der Waals surface area contributed by atoms with E-state index in [1.165, 1.54) is 25.0 Å². The number of rotatable bonds is 33. The number of benzene rings is 4. The molecule has 149 heavy (non-hydrogen) atoms. The zero-order valence-electron chi connectivity index (χ0n) is 82.2. The Labute approximate surface area is 866 Å². The second kappa shape index (κ2) is 59.3. The third-order valence-corrected chi connectivity index (χ3v) is 26.6. The van der Waals surface area contributed by atoms with Crippen molar-refractivity contribution >= 4 is 164 Å². The normalized spacial score (nSPS) is 22.4. The minimum Gasteiger partial charge on any atom is -0.481 e. The van der Waals surface area contributed by atoms with E-state index in [1.54, 1.807) is 122 Å². The van der Waals surface area contributed by atoms with E-state index in [1.807, 2.05) is 6.92 Å². The summed E-state index contributed by atoms with van der Waals surface area (Å²) in [6.45, 7) is 0.722. The number of aromatic amines is 4. The second-order valence-electron chi connectivity index (χ2n) is 35.9. The largest absolute Gasteiger partial charge is 0.481 e. The van der Waals surface area contributed by atoms with E-state index in [0.29, 0.717) is 62.6 Å². The molecule has 10 rings (SSSR count). The molecule has 4 aromatic carbocycles. The molecule has 0 saturated carbocycles. The van der Waals surface area contributed by atoms with Crippen LogP contribution in [0.2, 0.25) is 0 Å². The molecule has 2 aliphatic rings. The average molecular weight is 2100 g/mol. The molecule has 2 fully saturated rings. The SMILES string of the molecule is CCCC[C@@H]1NC(=O)[C@@H]2CSCCCSC[C@H](NC(=O)[C@H](CCCNC(=N)N)NC(=O)[C@H](CC(=O)O)NC(=O)[C@H](Cc3c[nH]c4ccccc34)NC(=O)[C@H](CCCNC(=N)N)NC(=O)[C@H](Cc3ccccc3)NC(=O)[C@H](Cc3cnc[nH]3)NC(=O)CNC1=O)C(=O)N[C@@H](Cc1cnc[nH]1)C(=O)N[C@@H](Cc1ccccc1)C(=O)N[C@@H](CCCNC(=N)N)C(=O)N[C@@H](Cc1c[nH]c3ccccc13)C(=O)N[C@@H](CCCNC(=N)N)C(=O)N2. The van der Waals surface area contributed by atoms with Crippen molar-refractivity contribution in [3.63, 3.8) is 0 Å². The highest BCUT2D eigenvalue weighted by atomic mass is 32.2. The second-order valence-corrected chi connectivity index (χ2v) is 38.2. The van der Waals surface area contributed by atoms with Crippen LogP contribution < -0.4 is 124 Å². The topological polar surface area (TPSA) is 810 Å². The Morgan fingerprint density at radius 2 is 0.658 bits per heavy atom. The Kier molecular flexibility index (Phi) is 45.6. The summed E-state index contributed by atoms with van der Waals surface area (Å²) in [4.78, 5) is 265. The van der Waals surface area contributed by atoms with Gasteiger partial charge in [-0.1, -0.05) is 117 Å². The number of carboxylic acid groups (broad SMARTS) is 1. The number of imidazole rings is 2. The van der Waals surface area contributed by atoms with E-state index in [-0.39, 0.29) is 151 Å². The third-order valence-electron chi connectivity index (χ3n) is 24.3. The molecule has 52 heteroatoms. The average Bonchev–Trinajstić information content (AvgIpc) is 1.69. The first kappa shape index (κ1) is 115. The first-order valence-corrected chi connectivity index (χ1v) is 51.3. The minimum absolute atomic E-state index is 0.0118. The van der Waals surface area contributed by atoms with Crippen LogP contribution in [0.5, 0.6) is 0 Å². The molecule has 0 unspecified atom stereocenters. The van der Waals surface area contributed by atoms with Crippen LogP contribution in [0.4, 0.5) is 0 Å². The van der Waals surface area contributed by atoms with Crippen LogP contribution in [0.3, 0.4) is 0 Å². The lowest BCUT2D eigenvalue weighted by Crippen LogP contribution is -2.62. The van der Waals surface area contributed by atoms with Gasteiger partial charge in [-0.25, -0.2) is 9.97 Å². The first-order chi connectivity index (χ1) is 71.6. The standard InChI is InChI=1S/C97H133N33O17S2/c1-2-3-25-64-80(134)114-49-78(131)117-73(42-58-47-106-52-115-58)89(143)123-69(38-54-19-6-4-7-20-54)85(139)119-66(29-15-33-109-95(100)101)82(136)126-72(41-57-46-113-63-27-13-11-24-61(57)63)88(142)128-75(44-79(132)133)91(145)122-68(31-17-35-111-97(104)105)84(138)130-77-51-149-37-18-36-148-50-76(92(146)118-64)129-83(137)67(30-16-34-110-96(102)103)121-87(141)71(40-56-45-112-62-26-12-10-23-60(56)62)125-81(135)65(28-14-32-108-94(98)99)120-86(140)70(39-55-21-8-5-9-22-55)124-90(144)74(127-93(77)147)43-59-48-107-53-116-59/h4-13,19-24,26-27,45-48,52-53,64-77,112-113H,2-3,14-18,25,28-44,49-51H2,1H3,(H,106,115)(H,107,116)(H,114,134)(H,117,131)(H,118,146)(H,119,139)(H,120,140)(H,121,141)(H,122,145)(H,123,143)(H,124,144)(H,125,135)(H,126,136)(H,127,147)(H,128,142)(H,129,137)(H,130,138)(H,132,133)(H4,98,99,108)(H4,100,101,109)(H4,102,103,110)(H4,104,105,111)/t64-,65-,66-,67-,68-,69-,70-,71-,72-,73-,74-,75-,76-,77-/m0/s1. The maximum atomic E-state index is 15.7. The summed E-state index contributed by atoms with van der Waals surface area (Å²) >= 11 is 2.22. The lowest BCUT2D eigenvalue weighted by Gasteiger charge is -2.29. The quantitative estimate of drug-likeness (QED) is 0.0107. The van der Waals surface area contributed by atoms with Crippen LogP contribution in [-0.4, -0.2) is 294 Å². The maximum absolute atomic E-state index is 15.7. The van der Waals surface area contributed by atoms with Crippen molar-refractivity contribution in [2.24, 2.45) is 22.9 Å². The van der Waals surface area contributed by atoms with Gasteiger partial charge in [0.1, 0.15) is 84.6 Å². The molecule has 36 N–H and O–H groups in total. The summed E-state index contributed by atoms with van der Waals surface area (Å²) in [5.74, 6) is -19.2. The smallest absolute Gasteiger partial charge is 0.305 e. The van der Waals surface area contributed by atoms with Crippen molar-refractivity contribution in [3.8, 4) is 0 Å². The molecular weight excluding hydrogens is 1960 g/mol. The van der Waals surface area contributed by atoms with E-state index >= 15 is 62.3 Å². The highest BCUT2D eigenvalue weighted by Gasteiger charge is 2.41. The molecular formula is C97H133N33O17S2. The molecule has 50 nitrogen and oxygen atoms in total. The number of carbonyl (C=O) groups is 16. The zero-order chi connectivity index (χ0) is 107. The zero-order valence-corrected chi connectivity index (χ0v) is 83.9. The van der Waals surface area contributed by atoms with Crippen LogP contribution >= 0.6 is 23.5 Å². The lowest BCUT2D eigenvalue weighted by atomic mass is 10.0.